The Hall–Kier alpha value is -0.610. The zero-order valence-electron chi connectivity index (χ0n) is 9.06. The minimum Gasteiger partial charge on any atom is -0.341 e. The first-order valence-corrected chi connectivity index (χ1v) is 6.98. The van der Waals surface area contributed by atoms with E-state index in [1.807, 2.05) is 10.3 Å². The summed E-state index contributed by atoms with van der Waals surface area (Å²) in [4.78, 5) is 18.1. The third kappa shape index (κ3) is 2.74. The van der Waals surface area contributed by atoms with Crippen molar-refractivity contribution in [2.24, 2.45) is 0 Å². The van der Waals surface area contributed by atoms with Crippen LogP contribution in [0.2, 0.25) is 0 Å². The SMILES string of the molecule is O=C(C(Cl)c1cscn1)N1CCCCCC1. The van der Waals surface area contributed by atoms with Crippen molar-refractivity contribution in [3.63, 3.8) is 0 Å². The summed E-state index contributed by atoms with van der Waals surface area (Å²) in [6, 6.07) is 0. The van der Waals surface area contributed by atoms with Gasteiger partial charge in [-0.05, 0) is 12.8 Å². The van der Waals surface area contributed by atoms with Gasteiger partial charge in [-0.2, -0.15) is 0 Å². The molecule has 16 heavy (non-hydrogen) atoms. The van der Waals surface area contributed by atoms with Crippen molar-refractivity contribution in [2.75, 3.05) is 13.1 Å². The van der Waals surface area contributed by atoms with Gasteiger partial charge in [0.25, 0.3) is 0 Å². The largest absolute Gasteiger partial charge is 0.341 e. The predicted molar refractivity (Wildman–Crippen MR) is 65.8 cm³/mol. The van der Waals surface area contributed by atoms with Gasteiger partial charge in [-0.15, -0.1) is 22.9 Å². The molecule has 1 aliphatic heterocycles. The molecule has 0 aromatic carbocycles. The summed E-state index contributed by atoms with van der Waals surface area (Å²) in [5, 5.41) is 1.23. The van der Waals surface area contributed by atoms with Crippen LogP contribution in [0, 0.1) is 0 Å². The molecule has 1 amide bonds. The van der Waals surface area contributed by atoms with Crippen LogP contribution < -0.4 is 0 Å². The minimum atomic E-state index is -0.607. The van der Waals surface area contributed by atoms with Gasteiger partial charge in [-0.25, -0.2) is 4.98 Å². The summed E-state index contributed by atoms with van der Waals surface area (Å²) in [6.45, 7) is 1.68. The van der Waals surface area contributed by atoms with Gasteiger partial charge >= 0.3 is 0 Å². The topological polar surface area (TPSA) is 33.2 Å². The Morgan fingerprint density at radius 2 is 2.06 bits per heavy atom. The molecule has 2 rings (SSSR count). The summed E-state index contributed by atoms with van der Waals surface area (Å²) in [7, 11) is 0. The fourth-order valence-corrected chi connectivity index (χ4v) is 2.84. The summed E-state index contributed by atoms with van der Waals surface area (Å²) in [5.41, 5.74) is 2.39. The van der Waals surface area contributed by atoms with E-state index in [0.29, 0.717) is 5.69 Å². The molecule has 1 aliphatic rings. The molecule has 0 radical (unpaired) electrons. The number of alkyl halides is 1. The lowest BCUT2D eigenvalue weighted by molar-refractivity contribution is -0.130. The number of amides is 1. The smallest absolute Gasteiger partial charge is 0.246 e. The Labute approximate surface area is 104 Å². The fourth-order valence-electron chi connectivity index (χ4n) is 1.92. The lowest BCUT2D eigenvalue weighted by Gasteiger charge is -2.22. The number of hydrogen-bond acceptors (Lipinski definition) is 3. The lowest BCUT2D eigenvalue weighted by atomic mass is 10.2. The number of rotatable bonds is 2. The molecule has 3 nitrogen and oxygen atoms in total. The monoisotopic (exact) mass is 258 g/mol. The molecule has 1 saturated heterocycles. The highest BCUT2D eigenvalue weighted by Gasteiger charge is 2.25. The number of halogens is 1. The molecule has 0 N–H and O–H groups in total. The van der Waals surface area contributed by atoms with E-state index in [1.165, 1.54) is 24.2 Å². The van der Waals surface area contributed by atoms with E-state index in [0.717, 1.165) is 25.9 Å². The second-order valence-electron chi connectivity index (χ2n) is 4.02. The minimum absolute atomic E-state index is 0.00877. The molecule has 1 fully saturated rings. The third-order valence-corrected chi connectivity index (χ3v) is 3.86. The highest BCUT2D eigenvalue weighted by atomic mass is 35.5. The molecule has 1 aromatic rings. The molecule has 0 bridgehead atoms. The van der Waals surface area contributed by atoms with E-state index in [4.69, 9.17) is 11.6 Å². The number of hydrogen-bond donors (Lipinski definition) is 0. The first-order valence-electron chi connectivity index (χ1n) is 5.60. The molecule has 0 spiro atoms. The Bertz CT molecular complexity index is 334. The van der Waals surface area contributed by atoms with Crippen LogP contribution in [0.15, 0.2) is 10.9 Å². The van der Waals surface area contributed by atoms with Crippen LogP contribution in [0.5, 0.6) is 0 Å². The molecule has 1 aromatic heterocycles. The summed E-state index contributed by atoms with van der Waals surface area (Å²) < 4.78 is 0. The van der Waals surface area contributed by atoms with Gasteiger partial charge in [-0.3, -0.25) is 4.79 Å². The van der Waals surface area contributed by atoms with E-state index >= 15 is 0 Å². The second-order valence-corrected chi connectivity index (χ2v) is 5.17. The molecule has 5 heteroatoms. The number of thiazole rings is 1. The maximum absolute atomic E-state index is 12.1. The van der Waals surface area contributed by atoms with Crippen LogP contribution in [0.25, 0.3) is 0 Å². The van der Waals surface area contributed by atoms with Crippen molar-refractivity contribution >= 4 is 28.8 Å². The molecule has 0 saturated carbocycles. The van der Waals surface area contributed by atoms with Crippen LogP contribution in [-0.4, -0.2) is 28.9 Å². The molecular formula is C11H15ClN2OS. The van der Waals surface area contributed by atoms with Crippen LogP contribution in [-0.2, 0) is 4.79 Å². The third-order valence-electron chi connectivity index (χ3n) is 2.85. The van der Waals surface area contributed by atoms with E-state index in [2.05, 4.69) is 4.98 Å². The Morgan fingerprint density at radius 1 is 1.38 bits per heavy atom. The predicted octanol–water partition coefficient (Wildman–Crippen LogP) is 2.83. The maximum atomic E-state index is 12.1. The van der Waals surface area contributed by atoms with Crippen molar-refractivity contribution in [1.29, 1.82) is 0 Å². The zero-order chi connectivity index (χ0) is 11.4. The lowest BCUT2D eigenvalue weighted by Crippen LogP contribution is -2.34. The molecular weight excluding hydrogens is 244 g/mol. The zero-order valence-corrected chi connectivity index (χ0v) is 10.6. The van der Waals surface area contributed by atoms with Crippen molar-refractivity contribution in [3.8, 4) is 0 Å². The molecule has 0 aliphatic carbocycles. The summed E-state index contributed by atoms with van der Waals surface area (Å²) >= 11 is 7.61. The van der Waals surface area contributed by atoms with Crippen molar-refractivity contribution in [1.82, 2.24) is 9.88 Å². The summed E-state index contributed by atoms with van der Waals surface area (Å²) in [6.07, 6.45) is 4.61. The summed E-state index contributed by atoms with van der Waals surface area (Å²) in [5.74, 6) is 0.00877. The van der Waals surface area contributed by atoms with Crippen molar-refractivity contribution < 1.29 is 4.79 Å². The first kappa shape index (κ1) is 11.9. The average Bonchev–Trinajstić information content (AvgIpc) is 2.70. The van der Waals surface area contributed by atoms with Crippen molar-refractivity contribution in [2.45, 2.75) is 31.1 Å². The Balaban J connectivity index is 2.00. The van der Waals surface area contributed by atoms with E-state index < -0.39 is 5.38 Å². The molecule has 1 atom stereocenters. The number of likely N-dealkylation sites (tertiary alicyclic amines) is 1. The Kier molecular flexibility index (Phi) is 4.18. The van der Waals surface area contributed by atoms with E-state index in [1.54, 1.807) is 5.51 Å². The highest BCUT2D eigenvalue weighted by molar-refractivity contribution is 7.07. The van der Waals surface area contributed by atoms with Gasteiger partial charge in [0, 0.05) is 18.5 Å². The van der Waals surface area contributed by atoms with Crippen LogP contribution >= 0.6 is 22.9 Å². The standard InChI is InChI=1S/C11H15ClN2OS/c12-10(9-7-16-8-13-9)11(15)14-5-3-1-2-4-6-14/h7-8,10H,1-6H2. The number of aromatic nitrogens is 1. The maximum Gasteiger partial charge on any atom is 0.246 e. The van der Waals surface area contributed by atoms with Gasteiger partial charge in [0.2, 0.25) is 5.91 Å². The quantitative estimate of drug-likeness (QED) is 0.765. The van der Waals surface area contributed by atoms with Gasteiger partial charge in [0.15, 0.2) is 5.38 Å². The van der Waals surface area contributed by atoms with Gasteiger partial charge in [-0.1, -0.05) is 12.8 Å². The van der Waals surface area contributed by atoms with Crippen LogP contribution in [0.3, 0.4) is 0 Å². The number of carbonyl (C=O) groups excluding carboxylic acids is 1. The number of nitrogens with zero attached hydrogens (tertiary/aromatic N) is 2. The molecule has 1 unspecified atom stereocenters. The highest BCUT2D eigenvalue weighted by Crippen LogP contribution is 2.24. The van der Waals surface area contributed by atoms with Gasteiger partial charge in [0.05, 0.1) is 11.2 Å². The van der Waals surface area contributed by atoms with Crippen molar-refractivity contribution in [3.05, 3.63) is 16.6 Å². The Morgan fingerprint density at radius 3 is 2.62 bits per heavy atom. The first-order chi connectivity index (χ1) is 7.79. The normalized spacial score (nSPS) is 19.2. The van der Waals surface area contributed by atoms with Crippen LogP contribution in [0.1, 0.15) is 36.8 Å². The number of carbonyl (C=O) groups is 1. The second kappa shape index (κ2) is 5.64. The molecule has 2 heterocycles. The average molecular weight is 259 g/mol. The van der Waals surface area contributed by atoms with Crippen LogP contribution in [0.4, 0.5) is 0 Å². The fraction of sp³-hybridized carbons (Fsp3) is 0.636. The van der Waals surface area contributed by atoms with E-state index in [-0.39, 0.29) is 5.91 Å². The van der Waals surface area contributed by atoms with E-state index in [9.17, 15) is 4.79 Å². The van der Waals surface area contributed by atoms with Gasteiger partial charge in [0.1, 0.15) is 0 Å². The molecule has 88 valence electrons. The van der Waals surface area contributed by atoms with Gasteiger partial charge < -0.3 is 4.90 Å².